The van der Waals surface area contributed by atoms with E-state index in [-0.39, 0.29) is 0 Å². The van der Waals surface area contributed by atoms with Gasteiger partial charge in [0.1, 0.15) is 5.69 Å². The smallest absolute Gasteiger partial charge is 0.325 e. The van der Waals surface area contributed by atoms with Crippen molar-refractivity contribution in [1.82, 2.24) is 20.2 Å². The van der Waals surface area contributed by atoms with Crippen molar-refractivity contribution < 1.29 is 0 Å². The molecule has 19 heavy (non-hydrogen) atoms. The summed E-state index contributed by atoms with van der Waals surface area (Å²) in [6.07, 6.45) is 5.38. The van der Waals surface area contributed by atoms with Gasteiger partial charge in [-0.05, 0) is 18.9 Å². The van der Waals surface area contributed by atoms with Crippen molar-refractivity contribution in [1.29, 1.82) is 0 Å². The molecule has 0 aliphatic carbocycles. The molecule has 0 spiro atoms. The van der Waals surface area contributed by atoms with Gasteiger partial charge in [-0.3, -0.25) is 9.78 Å². The van der Waals surface area contributed by atoms with Crippen molar-refractivity contribution in [3.05, 3.63) is 39.3 Å². The lowest BCUT2D eigenvalue weighted by Crippen LogP contribution is -2.23. The van der Waals surface area contributed by atoms with Crippen LogP contribution in [0.4, 0.5) is 5.69 Å². The van der Waals surface area contributed by atoms with Crippen molar-refractivity contribution in [3.8, 4) is 11.3 Å². The molecule has 1 aliphatic rings. The maximum absolute atomic E-state index is 11.7. The van der Waals surface area contributed by atoms with Gasteiger partial charge in [-0.25, -0.2) is 4.79 Å². The van der Waals surface area contributed by atoms with Crippen LogP contribution in [0.3, 0.4) is 0 Å². The minimum Gasteiger partial charge on any atom is -0.370 e. The van der Waals surface area contributed by atoms with Gasteiger partial charge < -0.3 is 9.88 Å². The molecule has 7 nitrogen and oxygen atoms in total. The second-order valence-electron chi connectivity index (χ2n) is 4.48. The van der Waals surface area contributed by atoms with Gasteiger partial charge in [0, 0.05) is 19.3 Å². The summed E-state index contributed by atoms with van der Waals surface area (Å²) in [6, 6.07) is 1.82. The number of rotatable bonds is 2. The third-order valence-corrected chi connectivity index (χ3v) is 3.21. The quantitative estimate of drug-likeness (QED) is 0.798. The molecule has 1 saturated heterocycles. The van der Waals surface area contributed by atoms with Gasteiger partial charge in [0.15, 0.2) is 0 Å². The molecule has 3 rings (SSSR count). The fourth-order valence-corrected chi connectivity index (χ4v) is 2.24. The zero-order valence-electron chi connectivity index (χ0n) is 10.2. The zero-order valence-corrected chi connectivity index (χ0v) is 10.2. The van der Waals surface area contributed by atoms with Crippen molar-refractivity contribution in [2.24, 2.45) is 0 Å². The summed E-state index contributed by atoms with van der Waals surface area (Å²) in [6.45, 7) is 1.99. The number of H-pyrrole nitrogens is 2. The first-order valence-corrected chi connectivity index (χ1v) is 6.14. The number of hydrogen-bond donors (Lipinski definition) is 2. The van der Waals surface area contributed by atoms with Crippen LogP contribution in [0.5, 0.6) is 0 Å². The van der Waals surface area contributed by atoms with Gasteiger partial charge in [-0.15, -0.1) is 0 Å². The number of hydrogen-bond acceptors (Lipinski definition) is 5. The first-order chi connectivity index (χ1) is 9.24. The van der Waals surface area contributed by atoms with E-state index >= 15 is 0 Å². The molecular weight excluding hydrogens is 246 g/mol. The van der Waals surface area contributed by atoms with Crippen LogP contribution in [0.25, 0.3) is 11.3 Å². The molecular formula is C12H13N5O2. The summed E-state index contributed by atoms with van der Waals surface area (Å²) >= 11 is 0. The Kier molecular flexibility index (Phi) is 2.86. The van der Waals surface area contributed by atoms with Gasteiger partial charge >= 0.3 is 5.69 Å². The van der Waals surface area contributed by atoms with Gasteiger partial charge in [-0.1, -0.05) is 0 Å². The highest BCUT2D eigenvalue weighted by Crippen LogP contribution is 2.22. The molecule has 0 atom stereocenters. The van der Waals surface area contributed by atoms with Gasteiger partial charge in [0.05, 0.1) is 17.4 Å². The highest BCUT2D eigenvalue weighted by molar-refractivity contribution is 5.62. The van der Waals surface area contributed by atoms with Gasteiger partial charge in [0.25, 0.3) is 5.56 Å². The molecule has 7 heteroatoms. The average molecular weight is 259 g/mol. The lowest BCUT2D eigenvalue weighted by atomic mass is 10.2. The highest BCUT2D eigenvalue weighted by Gasteiger charge is 2.14. The Labute approximate surface area is 108 Å². The molecule has 3 heterocycles. The summed E-state index contributed by atoms with van der Waals surface area (Å²) in [7, 11) is 0. The van der Waals surface area contributed by atoms with Crippen molar-refractivity contribution in [2.45, 2.75) is 12.8 Å². The standard InChI is InChI=1S/C12H13N5O2/c18-11-9(7-13-12(19)15-11)10-5-8(6-14-16-10)17-3-1-2-4-17/h5-7H,1-4H2,(H2,13,15,18,19). The Bertz CT molecular complexity index is 700. The Morgan fingerprint density at radius 1 is 1.21 bits per heavy atom. The van der Waals surface area contributed by atoms with Crippen LogP contribution >= 0.6 is 0 Å². The van der Waals surface area contributed by atoms with Crippen LogP contribution in [-0.4, -0.2) is 33.3 Å². The second kappa shape index (κ2) is 4.68. The van der Waals surface area contributed by atoms with E-state index in [2.05, 4.69) is 25.1 Å². The topological polar surface area (TPSA) is 94.7 Å². The third kappa shape index (κ3) is 2.26. The fraction of sp³-hybridized carbons (Fsp3) is 0.333. The average Bonchev–Trinajstić information content (AvgIpc) is 2.93. The van der Waals surface area contributed by atoms with Crippen LogP contribution in [0.1, 0.15) is 12.8 Å². The molecule has 2 N–H and O–H groups in total. The Morgan fingerprint density at radius 2 is 2.00 bits per heavy atom. The van der Waals surface area contributed by atoms with Gasteiger partial charge in [0.2, 0.25) is 0 Å². The van der Waals surface area contributed by atoms with Crippen molar-refractivity contribution in [3.63, 3.8) is 0 Å². The van der Waals surface area contributed by atoms with E-state index in [9.17, 15) is 9.59 Å². The summed E-state index contributed by atoms with van der Waals surface area (Å²) in [5.74, 6) is 0. The van der Waals surface area contributed by atoms with E-state index in [0.717, 1.165) is 31.6 Å². The first-order valence-electron chi connectivity index (χ1n) is 6.14. The predicted octanol–water partition coefficient (Wildman–Crippen LogP) is 0.120. The van der Waals surface area contributed by atoms with Crippen LogP contribution in [-0.2, 0) is 0 Å². The first kappa shape index (κ1) is 11.6. The van der Waals surface area contributed by atoms with Crippen molar-refractivity contribution >= 4 is 5.69 Å². The molecule has 1 aliphatic heterocycles. The van der Waals surface area contributed by atoms with E-state index in [4.69, 9.17) is 0 Å². The van der Waals surface area contributed by atoms with E-state index in [1.165, 1.54) is 6.20 Å². The second-order valence-corrected chi connectivity index (χ2v) is 4.48. The zero-order chi connectivity index (χ0) is 13.2. The molecule has 0 amide bonds. The van der Waals surface area contributed by atoms with E-state index in [1.807, 2.05) is 6.07 Å². The molecule has 0 unspecified atom stereocenters. The van der Waals surface area contributed by atoms with Crippen molar-refractivity contribution in [2.75, 3.05) is 18.0 Å². The van der Waals surface area contributed by atoms with E-state index < -0.39 is 11.2 Å². The lowest BCUT2D eigenvalue weighted by Gasteiger charge is -2.16. The molecule has 98 valence electrons. The summed E-state index contributed by atoms with van der Waals surface area (Å²) in [4.78, 5) is 29.5. The maximum atomic E-state index is 11.7. The van der Waals surface area contributed by atoms with Gasteiger partial charge in [-0.2, -0.15) is 10.2 Å². The number of nitrogens with zero attached hydrogens (tertiary/aromatic N) is 3. The molecule has 0 radical (unpaired) electrons. The molecule has 0 bridgehead atoms. The predicted molar refractivity (Wildman–Crippen MR) is 70.2 cm³/mol. The third-order valence-electron chi connectivity index (χ3n) is 3.21. The monoisotopic (exact) mass is 259 g/mol. The maximum Gasteiger partial charge on any atom is 0.325 e. The summed E-state index contributed by atoms with van der Waals surface area (Å²) in [5.41, 5.74) is 0.733. The van der Waals surface area contributed by atoms with Crippen LogP contribution in [0, 0.1) is 0 Å². The summed E-state index contributed by atoms with van der Waals surface area (Å²) < 4.78 is 0. The Hall–Kier alpha value is -2.44. The van der Waals surface area contributed by atoms with Crippen LogP contribution in [0.15, 0.2) is 28.0 Å². The Morgan fingerprint density at radius 3 is 2.74 bits per heavy atom. The van der Waals surface area contributed by atoms with Crippen LogP contribution in [0.2, 0.25) is 0 Å². The number of aromatic nitrogens is 4. The number of aromatic amines is 2. The summed E-state index contributed by atoms with van der Waals surface area (Å²) in [5, 5.41) is 7.89. The molecule has 0 saturated carbocycles. The largest absolute Gasteiger partial charge is 0.370 e. The number of anilines is 1. The lowest BCUT2D eigenvalue weighted by molar-refractivity contribution is 0.936. The van der Waals surface area contributed by atoms with Crippen LogP contribution < -0.4 is 16.1 Å². The molecule has 2 aromatic heterocycles. The minimum absolute atomic E-state index is 0.313. The molecule has 1 fully saturated rings. The SMILES string of the molecule is O=c1[nH]cc(-c2cc(N3CCCC3)cnn2)c(=O)[nH]1. The fourth-order valence-electron chi connectivity index (χ4n) is 2.24. The normalized spacial score (nSPS) is 14.8. The number of nitrogens with one attached hydrogen (secondary N) is 2. The molecule has 0 aromatic carbocycles. The molecule has 2 aromatic rings. The Balaban J connectivity index is 2.03. The van der Waals surface area contributed by atoms with E-state index in [0.29, 0.717) is 11.3 Å². The minimum atomic E-state index is -0.530. The highest BCUT2D eigenvalue weighted by atomic mass is 16.2. The van der Waals surface area contributed by atoms with E-state index in [1.54, 1.807) is 6.20 Å².